The van der Waals surface area contributed by atoms with Gasteiger partial charge >= 0.3 is 0 Å². The van der Waals surface area contributed by atoms with Crippen molar-refractivity contribution in [3.63, 3.8) is 0 Å². The van der Waals surface area contributed by atoms with Crippen LogP contribution >= 0.6 is 23.2 Å². The second kappa shape index (κ2) is 10.3. The van der Waals surface area contributed by atoms with Crippen molar-refractivity contribution in [3.05, 3.63) is 81.8 Å². The summed E-state index contributed by atoms with van der Waals surface area (Å²) in [7, 11) is -3.08. The molecule has 12 heteroatoms. The van der Waals surface area contributed by atoms with E-state index in [9.17, 15) is 22.9 Å². The second-order valence-corrected chi connectivity index (χ2v) is 10.1. The summed E-state index contributed by atoms with van der Waals surface area (Å²) in [6.45, 7) is 1.59. The lowest BCUT2D eigenvalue weighted by atomic mass is 10.0. The van der Waals surface area contributed by atoms with Crippen molar-refractivity contribution in [1.82, 2.24) is 0 Å². The zero-order chi connectivity index (χ0) is 26.9. The Labute approximate surface area is 222 Å². The number of phenols is 1. The van der Waals surface area contributed by atoms with Crippen molar-refractivity contribution in [2.45, 2.75) is 11.8 Å². The first-order chi connectivity index (χ1) is 17.5. The number of methoxy groups -OCH3 is 1. The molecule has 0 heterocycles. The first-order valence-corrected chi connectivity index (χ1v) is 12.8. The van der Waals surface area contributed by atoms with Crippen molar-refractivity contribution in [1.29, 1.82) is 0 Å². The van der Waals surface area contributed by atoms with Gasteiger partial charge in [-0.2, -0.15) is 13.5 Å². The number of rotatable bonds is 6. The minimum atomic E-state index is -4.55. The van der Waals surface area contributed by atoms with Gasteiger partial charge in [0.15, 0.2) is 5.75 Å². The fourth-order valence-electron chi connectivity index (χ4n) is 3.53. The Hall–Kier alpha value is -3.70. The fourth-order valence-corrected chi connectivity index (χ4v) is 4.60. The lowest BCUT2D eigenvalue weighted by molar-refractivity contribution is 0.102. The Bertz CT molecular complexity index is 1690. The van der Waals surface area contributed by atoms with Crippen molar-refractivity contribution >= 4 is 67.1 Å². The van der Waals surface area contributed by atoms with Crippen molar-refractivity contribution < 1.29 is 27.6 Å². The zero-order valence-electron chi connectivity index (χ0n) is 19.4. The van der Waals surface area contributed by atoms with Gasteiger partial charge in [0, 0.05) is 16.1 Å². The standard InChI is InChI=1S/C25H19Cl2N3O6S/c1-13-19(26)11-16(37(33,34)35)12-21(13)29-30-23-17-6-4-3-5-14(17)9-18(24(23)31)25(32)28-15-7-8-22(36-2)20(27)10-15/h3-12,31H,1-2H3,(H,28,32)(H,33,34,35). The molecular weight excluding hydrogens is 541 g/mol. The van der Waals surface area contributed by atoms with E-state index in [0.717, 1.165) is 12.1 Å². The van der Waals surface area contributed by atoms with E-state index < -0.39 is 26.7 Å². The Kier molecular flexibility index (Phi) is 7.37. The summed E-state index contributed by atoms with van der Waals surface area (Å²) < 4.78 is 37.7. The van der Waals surface area contributed by atoms with Crippen LogP contribution in [-0.4, -0.2) is 31.1 Å². The number of anilines is 1. The topological polar surface area (TPSA) is 138 Å². The number of phenolic OH excluding ortho intramolecular Hbond substituents is 1. The third-order valence-electron chi connectivity index (χ3n) is 5.50. The van der Waals surface area contributed by atoms with Crippen LogP contribution in [0.25, 0.3) is 10.8 Å². The van der Waals surface area contributed by atoms with E-state index in [2.05, 4.69) is 15.5 Å². The number of nitrogens with one attached hydrogen (secondary N) is 1. The number of fused-ring (bicyclic) bond motifs is 1. The number of nitrogens with zero attached hydrogens (tertiary/aromatic N) is 2. The molecule has 0 unspecified atom stereocenters. The number of ether oxygens (including phenoxy) is 1. The van der Waals surface area contributed by atoms with E-state index in [0.29, 0.717) is 32.8 Å². The minimum Gasteiger partial charge on any atom is -0.505 e. The van der Waals surface area contributed by atoms with Gasteiger partial charge in [0.1, 0.15) is 11.4 Å². The van der Waals surface area contributed by atoms with Gasteiger partial charge in [0.05, 0.1) is 28.3 Å². The van der Waals surface area contributed by atoms with Crippen LogP contribution in [0.1, 0.15) is 15.9 Å². The summed E-state index contributed by atoms with van der Waals surface area (Å²) in [5, 5.41) is 23.3. The molecule has 190 valence electrons. The molecule has 0 spiro atoms. The number of amides is 1. The SMILES string of the molecule is COc1ccc(NC(=O)c2cc3ccccc3c(N=Nc3cc(S(=O)(=O)O)cc(Cl)c3C)c2O)cc1Cl. The number of carbonyl (C=O) groups excluding carboxylic acids is 1. The fraction of sp³-hybridized carbons (Fsp3) is 0.0800. The highest BCUT2D eigenvalue weighted by Crippen LogP contribution is 2.40. The molecule has 4 rings (SSSR count). The summed E-state index contributed by atoms with van der Waals surface area (Å²) >= 11 is 12.3. The first kappa shape index (κ1) is 26.4. The molecule has 0 bridgehead atoms. The van der Waals surface area contributed by atoms with Gasteiger partial charge in [-0.25, -0.2) is 0 Å². The van der Waals surface area contributed by atoms with Crippen LogP contribution in [-0.2, 0) is 10.1 Å². The third kappa shape index (κ3) is 5.52. The lowest BCUT2D eigenvalue weighted by Gasteiger charge is -2.12. The summed E-state index contributed by atoms with van der Waals surface area (Å²) in [6, 6.07) is 15.3. The molecule has 9 nitrogen and oxygen atoms in total. The smallest absolute Gasteiger partial charge is 0.294 e. The summed E-state index contributed by atoms with van der Waals surface area (Å²) in [5.74, 6) is -0.646. The maximum atomic E-state index is 13.1. The van der Waals surface area contributed by atoms with Gasteiger partial charge in [-0.1, -0.05) is 47.5 Å². The van der Waals surface area contributed by atoms with Crippen LogP contribution in [0.5, 0.6) is 11.5 Å². The molecule has 0 radical (unpaired) electrons. The summed E-state index contributed by atoms with van der Waals surface area (Å²) in [6.07, 6.45) is 0. The average Bonchev–Trinajstić information content (AvgIpc) is 2.84. The number of carbonyl (C=O) groups is 1. The Morgan fingerprint density at radius 2 is 1.73 bits per heavy atom. The van der Waals surface area contributed by atoms with Crippen molar-refractivity contribution in [2.75, 3.05) is 12.4 Å². The number of halogens is 2. The largest absolute Gasteiger partial charge is 0.505 e. The molecular formula is C25H19Cl2N3O6S. The Balaban J connectivity index is 1.80. The minimum absolute atomic E-state index is 0.0243. The van der Waals surface area contributed by atoms with E-state index in [-0.39, 0.29) is 22.0 Å². The third-order valence-corrected chi connectivity index (χ3v) is 7.01. The molecule has 37 heavy (non-hydrogen) atoms. The van der Waals surface area contributed by atoms with Crippen LogP contribution in [0.2, 0.25) is 10.0 Å². The molecule has 4 aromatic carbocycles. The average molecular weight is 560 g/mol. The second-order valence-electron chi connectivity index (χ2n) is 7.87. The number of hydrogen-bond acceptors (Lipinski definition) is 7. The van der Waals surface area contributed by atoms with Crippen molar-refractivity contribution in [3.8, 4) is 11.5 Å². The highest BCUT2D eigenvalue weighted by molar-refractivity contribution is 7.85. The molecule has 0 aliphatic heterocycles. The Morgan fingerprint density at radius 3 is 2.41 bits per heavy atom. The highest BCUT2D eigenvalue weighted by atomic mass is 35.5. The maximum absolute atomic E-state index is 13.1. The van der Waals surface area contributed by atoms with Gasteiger partial charge in [-0.05, 0) is 54.3 Å². The molecule has 0 fully saturated rings. The quantitative estimate of drug-likeness (QED) is 0.170. The molecule has 0 aliphatic rings. The van der Waals surface area contributed by atoms with E-state index >= 15 is 0 Å². The molecule has 0 saturated heterocycles. The van der Waals surface area contributed by atoms with Crippen LogP contribution in [0.3, 0.4) is 0 Å². The van der Waals surface area contributed by atoms with Crippen LogP contribution in [0.4, 0.5) is 17.1 Å². The van der Waals surface area contributed by atoms with E-state index in [1.54, 1.807) is 43.3 Å². The van der Waals surface area contributed by atoms with Crippen LogP contribution in [0.15, 0.2) is 75.8 Å². The molecule has 1 amide bonds. The monoisotopic (exact) mass is 559 g/mol. The van der Waals surface area contributed by atoms with Crippen LogP contribution < -0.4 is 10.1 Å². The summed E-state index contributed by atoms with van der Waals surface area (Å²) in [4.78, 5) is 12.6. The lowest BCUT2D eigenvalue weighted by Crippen LogP contribution is -2.12. The maximum Gasteiger partial charge on any atom is 0.294 e. The normalized spacial score (nSPS) is 11.7. The Morgan fingerprint density at radius 1 is 1.00 bits per heavy atom. The molecule has 0 saturated carbocycles. The molecule has 0 atom stereocenters. The molecule has 4 aromatic rings. The van der Waals surface area contributed by atoms with E-state index in [1.165, 1.54) is 19.2 Å². The van der Waals surface area contributed by atoms with Crippen LogP contribution in [0, 0.1) is 6.92 Å². The van der Waals surface area contributed by atoms with Gasteiger partial charge in [-0.3, -0.25) is 9.35 Å². The number of hydrogen-bond donors (Lipinski definition) is 3. The van der Waals surface area contributed by atoms with E-state index in [1.807, 2.05) is 0 Å². The van der Waals surface area contributed by atoms with Gasteiger partial charge in [0.25, 0.3) is 16.0 Å². The molecule has 3 N–H and O–H groups in total. The van der Waals surface area contributed by atoms with Gasteiger partial charge in [-0.15, -0.1) is 5.11 Å². The first-order valence-electron chi connectivity index (χ1n) is 10.6. The predicted octanol–water partition coefficient (Wildman–Crippen LogP) is 7.08. The predicted molar refractivity (Wildman–Crippen MR) is 142 cm³/mol. The number of azo groups is 1. The molecule has 0 aromatic heterocycles. The number of benzene rings is 4. The van der Waals surface area contributed by atoms with E-state index in [4.69, 9.17) is 27.9 Å². The zero-order valence-corrected chi connectivity index (χ0v) is 21.7. The van der Waals surface area contributed by atoms with Gasteiger partial charge in [0.2, 0.25) is 0 Å². The summed E-state index contributed by atoms with van der Waals surface area (Å²) in [5.41, 5.74) is 0.710. The highest BCUT2D eigenvalue weighted by Gasteiger charge is 2.20. The van der Waals surface area contributed by atoms with Crippen molar-refractivity contribution in [2.24, 2.45) is 10.2 Å². The molecule has 0 aliphatic carbocycles. The number of aromatic hydroxyl groups is 1. The van der Waals surface area contributed by atoms with Gasteiger partial charge < -0.3 is 15.2 Å².